The zero-order valence-corrected chi connectivity index (χ0v) is 13.3. The molecule has 3 nitrogen and oxygen atoms in total. The van der Waals surface area contributed by atoms with Crippen LogP contribution >= 0.6 is 15.9 Å². The number of nitrogens with zero attached hydrogens (tertiary/aromatic N) is 2. The summed E-state index contributed by atoms with van der Waals surface area (Å²) in [7, 11) is 0. The Labute approximate surface area is 128 Å². The molecule has 0 N–H and O–H groups in total. The molecule has 1 atom stereocenters. The van der Waals surface area contributed by atoms with E-state index in [4.69, 9.17) is 0 Å². The van der Waals surface area contributed by atoms with Gasteiger partial charge in [-0.1, -0.05) is 19.3 Å². The molecule has 0 bridgehead atoms. The van der Waals surface area contributed by atoms with E-state index < -0.39 is 0 Å². The fourth-order valence-corrected chi connectivity index (χ4v) is 4.17. The molecule has 2 aliphatic rings. The molecule has 3 rings (SSSR count). The molecule has 1 aliphatic carbocycles. The van der Waals surface area contributed by atoms with Crippen molar-refractivity contribution in [2.24, 2.45) is 5.92 Å². The van der Waals surface area contributed by atoms with E-state index in [1.165, 1.54) is 38.5 Å². The molecule has 4 heteroatoms. The topological polar surface area (TPSA) is 33.2 Å². The van der Waals surface area contributed by atoms with Crippen molar-refractivity contribution in [2.75, 3.05) is 6.54 Å². The maximum Gasteiger partial charge on any atom is 0.256 e. The van der Waals surface area contributed by atoms with Crippen LogP contribution in [0.5, 0.6) is 0 Å². The molecular weight excluding hydrogens is 316 g/mol. The van der Waals surface area contributed by atoms with Crippen LogP contribution in [0.25, 0.3) is 0 Å². The Balaban J connectivity index is 1.78. The summed E-state index contributed by atoms with van der Waals surface area (Å²) in [6, 6.07) is 4.16. The van der Waals surface area contributed by atoms with Crippen LogP contribution in [0, 0.1) is 5.92 Å². The molecule has 1 amide bonds. The first kappa shape index (κ1) is 14.1. The van der Waals surface area contributed by atoms with Crippen LogP contribution < -0.4 is 0 Å². The second-order valence-corrected chi connectivity index (χ2v) is 6.70. The zero-order chi connectivity index (χ0) is 13.9. The maximum atomic E-state index is 12.8. The fraction of sp³-hybridized carbons (Fsp3) is 0.625. The van der Waals surface area contributed by atoms with Gasteiger partial charge in [0.15, 0.2) is 0 Å². The van der Waals surface area contributed by atoms with Gasteiger partial charge >= 0.3 is 0 Å². The molecule has 1 aliphatic heterocycles. The standard InChI is InChI=1S/C16H21BrN2O/c17-15-13(8-4-10-18-15)16(20)19-11-5-9-14(19)12-6-2-1-3-7-12/h4,8,10,12,14H,1-3,5-7,9,11H2. The Kier molecular flexibility index (Phi) is 4.39. The van der Waals surface area contributed by atoms with Crippen LogP contribution in [0.15, 0.2) is 22.9 Å². The first-order valence-electron chi connectivity index (χ1n) is 7.69. The summed E-state index contributed by atoms with van der Waals surface area (Å²) in [5.74, 6) is 0.865. The molecule has 0 radical (unpaired) electrons. The number of hydrogen-bond acceptors (Lipinski definition) is 2. The molecule has 1 saturated heterocycles. The highest BCUT2D eigenvalue weighted by Gasteiger charge is 2.35. The highest BCUT2D eigenvalue weighted by Crippen LogP contribution is 2.35. The van der Waals surface area contributed by atoms with E-state index in [1.54, 1.807) is 6.20 Å². The van der Waals surface area contributed by atoms with E-state index in [0.717, 1.165) is 13.0 Å². The van der Waals surface area contributed by atoms with Gasteiger partial charge in [-0.3, -0.25) is 4.79 Å². The second kappa shape index (κ2) is 6.25. The Bertz CT molecular complexity index is 485. The molecule has 1 aromatic heterocycles. The van der Waals surface area contributed by atoms with Crippen LogP contribution in [0.1, 0.15) is 55.3 Å². The van der Waals surface area contributed by atoms with Gasteiger partial charge in [0.2, 0.25) is 0 Å². The van der Waals surface area contributed by atoms with Gasteiger partial charge < -0.3 is 4.90 Å². The average Bonchev–Trinajstić information content (AvgIpc) is 2.97. The summed E-state index contributed by atoms with van der Waals surface area (Å²) in [5, 5.41) is 0. The SMILES string of the molecule is O=C(c1cccnc1Br)N1CCCC1C1CCCCC1. The number of amides is 1. The highest BCUT2D eigenvalue weighted by atomic mass is 79.9. The zero-order valence-electron chi connectivity index (χ0n) is 11.7. The summed E-state index contributed by atoms with van der Waals surface area (Å²) in [4.78, 5) is 19.1. The predicted octanol–water partition coefficient (Wildman–Crippen LogP) is 4.03. The van der Waals surface area contributed by atoms with E-state index in [9.17, 15) is 4.79 Å². The second-order valence-electron chi connectivity index (χ2n) is 5.95. The van der Waals surface area contributed by atoms with E-state index in [1.807, 2.05) is 12.1 Å². The van der Waals surface area contributed by atoms with E-state index >= 15 is 0 Å². The van der Waals surface area contributed by atoms with Gasteiger partial charge in [0.25, 0.3) is 5.91 Å². The molecule has 1 aromatic rings. The van der Waals surface area contributed by atoms with E-state index in [2.05, 4.69) is 25.8 Å². The molecule has 2 heterocycles. The van der Waals surface area contributed by atoms with Crippen molar-refractivity contribution < 1.29 is 4.79 Å². The number of rotatable bonds is 2. The predicted molar refractivity (Wildman–Crippen MR) is 82.6 cm³/mol. The van der Waals surface area contributed by atoms with Crippen LogP contribution in [-0.4, -0.2) is 28.4 Å². The molecule has 1 saturated carbocycles. The number of likely N-dealkylation sites (tertiary alicyclic amines) is 1. The Morgan fingerprint density at radius 2 is 2.00 bits per heavy atom. The van der Waals surface area contributed by atoms with Crippen molar-refractivity contribution in [1.82, 2.24) is 9.88 Å². The monoisotopic (exact) mass is 336 g/mol. The third-order valence-corrected chi connectivity index (χ3v) is 5.38. The van der Waals surface area contributed by atoms with Gasteiger partial charge in [0.1, 0.15) is 4.60 Å². The summed E-state index contributed by atoms with van der Waals surface area (Å²) in [6.45, 7) is 0.904. The minimum Gasteiger partial charge on any atom is -0.335 e. The number of pyridine rings is 1. The number of carbonyl (C=O) groups is 1. The van der Waals surface area contributed by atoms with Crippen LogP contribution in [0.3, 0.4) is 0 Å². The van der Waals surface area contributed by atoms with E-state index in [-0.39, 0.29) is 5.91 Å². The Hall–Kier alpha value is -0.900. The van der Waals surface area contributed by atoms with Gasteiger partial charge in [-0.25, -0.2) is 4.98 Å². The van der Waals surface area contributed by atoms with Gasteiger partial charge in [-0.05, 0) is 59.7 Å². The minimum absolute atomic E-state index is 0.151. The third-order valence-electron chi connectivity index (χ3n) is 4.74. The first-order chi connectivity index (χ1) is 9.77. The van der Waals surface area contributed by atoms with Crippen LogP contribution in [-0.2, 0) is 0 Å². The van der Waals surface area contributed by atoms with Crippen molar-refractivity contribution in [3.05, 3.63) is 28.5 Å². The van der Waals surface area contributed by atoms with Crippen LogP contribution in [0.2, 0.25) is 0 Å². The van der Waals surface area contributed by atoms with Crippen molar-refractivity contribution in [1.29, 1.82) is 0 Å². The Morgan fingerprint density at radius 3 is 2.75 bits per heavy atom. The molecule has 20 heavy (non-hydrogen) atoms. The fourth-order valence-electron chi connectivity index (χ4n) is 3.75. The van der Waals surface area contributed by atoms with Crippen molar-refractivity contribution in [2.45, 2.75) is 51.0 Å². The Morgan fingerprint density at radius 1 is 1.20 bits per heavy atom. The summed E-state index contributed by atoms with van der Waals surface area (Å²) < 4.78 is 0.666. The summed E-state index contributed by atoms with van der Waals surface area (Å²) in [5.41, 5.74) is 0.704. The lowest BCUT2D eigenvalue weighted by atomic mass is 9.83. The normalized spacial score (nSPS) is 24.1. The summed E-state index contributed by atoms with van der Waals surface area (Å²) >= 11 is 3.40. The van der Waals surface area contributed by atoms with Gasteiger partial charge in [-0.2, -0.15) is 0 Å². The molecule has 1 unspecified atom stereocenters. The largest absolute Gasteiger partial charge is 0.335 e. The van der Waals surface area contributed by atoms with Crippen molar-refractivity contribution in [3.8, 4) is 0 Å². The van der Waals surface area contributed by atoms with Crippen LogP contribution in [0.4, 0.5) is 0 Å². The lowest BCUT2D eigenvalue weighted by molar-refractivity contribution is 0.0660. The molecule has 0 aromatic carbocycles. The van der Waals surface area contributed by atoms with E-state index in [0.29, 0.717) is 22.1 Å². The lowest BCUT2D eigenvalue weighted by Crippen LogP contribution is -2.41. The number of aromatic nitrogens is 1. The molecule has 108 valence electrons. The van der Waals surface area contributed by atoms with Crippen molar-refractivity contribution in [3.63, 3.8) is 0 Å². The van der Waals surface area contributed by atoms with Crippen molar-refractivity contribution >= 4 is 21.8 Å². The summed E-state index contributed by atoms with van der Waals surface area (Å²) in [6.07, 6.45) is 10.7. The smallest absolute Gasteiger partial charge is 0.256 e. The molecule has 0 spiro atoms. The van der Waals surface area contributed by atoms with Gasteiger partial charge in [0.05, 0.1) is 5.56 Å². The number of hydrogen-bond donors (Lipinski definition) is 0. The first-order valence-corrected chi connectivity index (χ1v) is 8.48. The molecule has 2 fully saturated rings. The van der Waals surface area contributed by atoms with Gasteiger partial charge in [0, 0.05) is 18.8 Å². The minimum atomic E-state index is 0.151. The number of carbonyl (C=O) groups excluding carboxylic acids is 1. The lowest BCUT2D eigenvalue weighted by Gasteiger charge is -2.34. The maximum absolute atomic E-state index is 12.8. The van der Waals surface area contributed by atoms with Gasteiger partial charge in [-0.15, -0.1) is 0 Å². The third kappa shape index (κ3) is 2.76. The quantitative estimate of drug-likeness (QED) is 0.764. The average molecular weight is 337 g/mol. The number of halogens is 1. The highest BCUT2D eigenvalue weighted by molar-refractivity contribution is 9.10. The molecular formula is C16H21BrN2O.